The molecule has 98 valence electrons. The van der Waals surface area contributed by atoms with Gasteiger partial charge in [-0.25, -0.2) is 0 Å². The van der Waals surface area contributed by atoms with Gasteiger partial charge in [-0.2, -0.15) is 0 Å². The Balaban J connectivity index is 2.13. The summed E-state index contributed by atoms with van der Waals surface area (Å²) in [5, 5.41) is 14.0. The van der Waals surface area contributed by atoms with Crippen LogP contribution in [0.5, 0.6) is 0 Å². The Labute approximate surface area is 111 Å². The third kappa shape index (κ3) is 2.97. The van der Waals surface area contributed by atoms with Gasteiger partial charge < -0.3 is 9.73 Å². The molecule has 2 rings (SSSR count). The predicted molar refractivity (Wildman–Crippen MR) is 73.7 cm³/mol. The lowest BCUT2D eigenvalue weighted by Gasteiger charge is -2.12. The number of hydrogen-bond donors (Lipinski definition) is 1. The molecule has 0 aliphatic carbocycles. The zero-order valence-corrected chi connectivity index (χ0v) is 11.9. The Bertz CT molecular complexity index is 492. The summed E-state index contributed by atoms with van der Waals surface area (Å²) in [7, 11) is 0. The Kier molecular flexibility index (Phi) is 4.49. The fraction of sp³-hybridized carbons (Fsp3) is 0.538. The van der Waals surface area contributed by atoms with Gasteiger partial charge in [-0.15, -0.1) is 10.2 Å². The molecule has 0 saturated heterocycles. The SMILES string of the molecule is CCCNC(CC)c1nnc(-c2coc(C)c2)s1. The molecule has 5 heteroatoms. The molecule has 1 unspecified atom stereocenters. The van der Waals surface area contributed by atoms with Crippen LogP contribution < -0.4 is 5.32 Å². The van der Waals surface area contributed by atoms with Crippen LogP contribution in [0.4, 0.5) is 0 Å². The molecule has 0 aliphatic heterocycles. The minimum Gasteiger partial charge on any atom is -0.469 e. The van der Waals surface area contributed by atoms with E-state index in [9.17, 15) is 0 Å². The van der Waals surface area contributed by atoms with Crippen molar-refractivity contribution in [3.05, 3.63) is 23.1 Å². The molecule has 2 aromatic heterocycles. The number of nitrogens with one attached hydrogen (secondary N) is 1. The molecule has 0 spiro atoms. The van der Waals surface area contributed by atoms with E-state index in [4.69, 9.17) is 4.42 Å². The molecule has 0 fully saturated rings. The van der Waals surface area contributed by atoms with E-state index in [2.05, 4.69) is 29.4 Å². The highest BCUT2D eigenvalue weighted by Crippen LogP contribution is 2.29. The number of furan rings is 1. The molecule has 0 saturated carbocycles. The number of aryl methyl sites for hydroxylation is 1. The molecule has 0 aliphatic rings. The molecular weight excluding hydrogens is 246 g/mol. The first-order valence-electron chi connectivity index (χ1n) is 6.36. The van der Waals surface area contributed by atoms with Crippen LogP contribution in [0.1, 0.15) is 43.5 Å². The highest BCUT2D eigenvalue weighted by Gasteiger charge is 2.15. The first-order valence-corrected chi connectivity index (χ1v) is 7.18. The minimum atomic E-state index is 0.309. The number of aromatic nitrogens is 2. The van der Waals surface area contributed by atoms with E-state index in [0.29, 0.717) is 6.04 Å². The van der Waals surface area contributed by atoms with E-state index in [0.717, 1.165) is 40.7 Å². The highest BCUT2D eigenvalue weighted by atomic mass is 32.1. The van der Waals surface area contributed by atoms with Crippen LogP contribution in [0, 0.1) is 6.92 Å². The van der Waals surface area contributed by atoms with Crippen molar-refractivity contribution in [1.82, 2.24) is 15.5 Å². The molecule has 0 amide bonds. The van der Waals surface area contributed by atoms with Crippen LogP contribution in [0.2, 0.25) is 0 Å². The van der Waals surface area contributed by atoms with Gasteiger partial charge in [0.15, 0.2) is 5.01 Å². The summed E-state index contributed by atoms with van der Waals surface area (Å²) in [4.78, 5) is 0. The number of hydrogen-bond acceptors (Lipinski definition) is 5. The summed E-state index contributed by atoms with van der Waals surface area (Å²) in [6.45, 7) is 7.28. The van der Waals surface area contributed by atoms with E-state index in [1.165, 1.54) is 0 Å². The largest absolute Gasteiger partial charge is 0.469 e. The van der Waals surface area contributed by atoms with E-state index >= 15 is 0 Å². The summed E-state index contributed by atoms with van der Waals surface area (Å²) in [6.07, 6.45) is 3.89. The molecule has 4 nitrogen and oxygen atoms in total. The second-order valence-corrected chi connectivity index (χ2v) is 5.32. The van der Waals surface area contributed by atoms with Gasteiger partial charge in [0.25, 0.3) is 0 Å². The van der Waals surface area contributed by atoms with E-state index in [1.54, 1.807) is 17.6 Å². The second-order valence-electron chi connectivity index (χ2n) is 4.31. The summed E-state index contributed by atoms with van der Waals surface area (Å²) in [5.41, 5.74) is 1.02. The van der Waals surface area contributed by atoms with Gasteiger partial charge in [0, 0.05) is 0 Å². The maximum atomic E-state index is 5.30. The van der Waals surface area contributed by atoms with Crippen molar-refractivity contribution in [1.29, 1.82) is 0 Å². The third-order valence-electron chi connectivity index (χ3n) is 2.77. The highest BCUT2D eigenvalue weighted by molar-refractivity contribution is 7.14. The normalized spacial score (nSPS) is 12.8. The summed E-state index contributed by atoms with van der Waals surface area (Å²) in [5.74, 6) is 0.901. The lowest BCUT2D eigenvalue weighted by molar-refractivity contribution is 0.513. The summed E-state index contributed by atoms with van der Waals surface area (Å²) < 4.78 is 5.30. The van der Waals surface area contributed by atoms with Crippen LogP contribution in [0.25, 0.3) is 10.6 Å². The molecule has 2 aromatic rings. The maximum Gasteiger partial charge on any atom is 0.151 e. The summed E-state index contributed by atoms with van der Waals surface area (Å²) >= 11 is 1.64. The van der Waals surface area contributed by atoms with Crippen molar-refractivity contribution in [2.24, 2.45) is 0 Å². The number of rotatable bonds is 6. The quantitative estimate of drug-likeness (QED) is 0.867. The zero-order valence-electron chi connectivity index (χ0n) is 11.1. The van der Waals surface area contributed by atoms with Crippen molar-refractivity contribution in [3.8, 4) is 10.6 Å². The Morgan fingerprint density at radius 1 is 1.39 bits per heavy atom. The topological polar surface area (TPSA) is 51.0 Å². The Hall–Kier alpha value is -1.20. The molecule has 0 bridgehead atoms. The molecule has 1 N–H and O–H groups in total. The monoisotopic (exact) mass is 265 g/mol. The molecule has 0 radical (unpaired) electrons. The Morgan fingerprint density at radius 3 is 2.83 bits per heavy atom. The fourth-order valence-corrected chi connectivity index (χ4v) is 2.75. The van der Waals surface area contributed by atoms with Crippen molar-refractivity contribution in [2.75, 3.05) is 6.54 Å². The smallest absolute Gasteiger partial charge is 0.151 e. The van der Waals surface area contributed by atoms with Crippen LogP contribution in [-0.4, -0.2) is 16.7 Å². The average molecular weight is 265 g/mol. The lowest BCUT2D eigenvalue weighted by atomic mass is 10.2. The van der Waals surface area contributed by atoms with Crippen molar-refractivity contribution in [3.63, 3.8) is 0 Å². The minimum absolute atomic E-state index is 0.309. The van der Waals surface area contributed by atoms with Crippen molar-refractivity contribution < 1.29 is 4.42 Å². The molecule has 18 heavy (non-hydrogen) atoms. The van der Waals surface area contributed by atoms with Crippen LogP contribution in [0.3, 0.4) is 0 Å². The summed E-state index contributed by atoms with van der Waals surface area (Å²) in [6, 6.07) is 2.30. The zero-order chi connectivity index (χ0) is 13.0. The van der Waals surface area contributed by atoms with E-state index < -0.39 is 0 Å². The fourth-order valence-electron chi connectivity index (χ4n) is 1.77. The van der Waals surface area contributed by atoms with E-state index in [1.807, 2.05) is 13.0 Å². The van der Waals surface area contributed by atoms with Gasteiger partial charge in [-0.1, -0.05) is 25.2 Å². The molecular formula is C13H19N3OS. The standard InChI is InChI=1S/C13H19N3OS/c1-4-6-14-11(5-2)13-16-15-12(18-13)10-7-9(3)17-8-10/h7-8,11,14H,4-6H2,1-3H3. The van der Waals surface area contributed by atoms with Crippen molar-refractivity contribution in [2.45, 2.75) is 39.7 Å². The average Bonchev–Trinajstić information content (AvgIpc) is 2.99. The molecule has 2 heterocycles. The predicted octanol–water partition coefficient (Wildman–Crippen LogP) is 3.56. The second kappa shape index (κ2) is 6.11. The van der Waals surface area contributed by atoms with Crippen LogP contribution in [0.15, 0.2) is 16.7 Å². The van der Waals surface area contributed by atoms with Crippen molar-refractivity contribution >= 4 is 11.3 Å². The van der Waals surface area contributed by atoms with Gasteiger partial charge in [-0.05, 0) is 32.4 Å². The maximum absolute atomic E-state index is 5.30. The molecule has 0 aromatic carbocycles. The van der Waals surface area contributed by atoms with Gasteiger partial charge in [0.1, 0.15) is 17.0 Å². The third-order valence-corrected chi connectivity index (χ3v) is 3.85. The van der Waals surface area contributed by atoms with Gasteiger partial charge in [0.05, 0.1) is 11.6 Å². The Morgan fingerprint density at radius 2 is 2.22 bits per heavy atom. The first-order chi connectivity index (χ1) is 8.74. The van der Waals surface area contributed by atoms with Gasteiger partial charge in [0.2, 0.25) is 0 Å². The lowest BCUT2D eigenvalue weighted by Crippen LogP contribution is -2.21. The van der Waals surface area contributed by atoms with Gasteiger partial charge in [-0.3, -0.25) is 0 Å². The van der Waals surface area contributed by atoms with Crippen LogP contribution in [-0.2, 0) is 0 Å². The number of nitrogens with zero attached hydrogens (tertiary/aromatic N) is 2. The van der Waals surface area contributed by atoms with Crippen LogP contribution >= 0.6 is 11.3 Å². The molecule has 1 atom stereocenters. The first kappa shape index (κ1) is 13.2. The van der Waals surface area contributed by atoms with E-state index in [-0.39, 0.29) is 0 Å². The van der Waals surface area contributed by atoms with Gasteiger partial charge >= 0.3 is 0 Å².